The minimum Gasteiger partial charge on any atom is -0.468 e. The number of ether oxygens (including phenoxy) is 1. The largest absolute Gasteiger partial charge is 0.468 e. The van der Waals surface area contributed by atoms with Crippen LogP contribution in [0.15, 0.2) is 65.6 Å². The number of hydrogen-bond acceptors (Lipinski definition) is 4. The Hall–Kier alpha value is -2.53. The molecular weight excluding hydrogens is 310 g/mol. The Balaban J connectivity index is 1.86. The molecule has 23 heavy (non-hydrogen) atoms. The first-order chi connectivity index (χ1) is 11.2. The standard InChI is InChI=1S/C18H17NO3S/c1-22-18(21)13-23-16-10-8-15(9-11-16)19-17(20)12-7-14-5-3-2-4-6-14/h2-12H,13H2,1H3,(H,19,20)/b12-7+. The Morgan fingerprint density at radius 1 is 1.09 bits per heavy atom. The van der Waals surface area contributed by atoms with Crippen LogP contribution in [0, 0.1) is 0 Å². The van der Waals surface area contributed by atoms with E-state index < -0.39 is 0 Å². The third-order valence-electron chi connectivity index (χ3n) is 2.93. The number of amides is 1. The normalized spacial score (nSPS) is 10.5. The monoisotopic (exact) mass is 327 g/mol. The highest BCUT2D eigenvalue weighted by Gasteiger charge is 2.03. The number of rotatable bonds is 6. The lowest BCUT2D eigenvalue weighted by molar-refractivity contribution is -0.137. The zero-order valence-corrected chi connectivity index (χ0v) is 13.5. The number of esters is 1. The number of thioether (sulfide) groups is 1. The van der Waals surface area contributed by atoms with Crippen molar-refractivity contribution < 1.29 is 14.3 Å². The molecule has 0 spiro atoms. The van der Waals surface area contributed by atoms with Crippen molar-refractivity contribution in [1.29, 1.82) is 0 Å². The summed E-state index contributed by atoms with van der Waals surface area (Å²) in [5.41, 5.74) is 1.67. The van der Waals surface area contributed by atoms with Crippen molar-refractivity contribution in [3.8, 4) is 0 Å². The van der Waals surface area contributed by atoms with E-state index >= 15 is 0 Å². The highest BCUT2D eigenvalue weighted by atomic mass is 32.2. The van der Waals surface area contributed by atoms with Crippen LogP contribution in [-0.4, -0.2) is 24.7 Å². The van der Waals surface area contributed by atoms with E-state index in [0.29, 0.717) is 5.69 Å². The molecule has 5 heteroatoms. The lowest BCUT2D eigenvalue weighted by Gasteiger charge is -2.04. The molecule has 1 amide bonds. The average Bonchev–Trinajstić information content (AvgIpc) is 2.60. The second kappa shape index (κ2) is 8.80. The highest BCUT2D eigenvalue weighted by molar-refractivity contribution is 8.00. The summed E-state index contributed by atoms with van der Waals surface area (Å²) >= 11 is 1.39. The molecule has 0 bridgehead atoms. The van der Waals surface area contributed by atoms with Gasteiger partial charge >= 0.3 is 5.97 Å². The molecule has 0 heterocycles. The molecule has 0 saturated heterocycles. The predicted octanol–water partition coefficient (Wildman–Crippen LogP) is 3.60. The van der Waals surface area contributed by atoms with Crippen LogP contribution >= 0.6 is 11.8 Å². The first-order valence-corrected chi connectivity index (χ1v) is 8.00. The van der Waals surface area contributed by atoms with E-state index in [1.165, 1.54) is 24.9 Å². The fourth-order valence-electron chi connectivity index (χ4n) is 1.76. The van der Waals surface area contributed by atoms with E-state index in [9.17, 15) is 9.59 Å². The van der Waals surface area contributed by atoms with E-state index in [0.717, 1.165) is 10.5 Å². The lowest BCUT2D eigenvalue weighted by atomic mass is 10.2. The Bertz CT molecular complexity index is 681. The van der Waals surface area contributed by atoms with Crippen molar-refractivity contribution in [3.63, 3.8) is 0 Å². The van der Waals surface area contributed by atoms with Gasteiger partial charge in [0.15, 0.2) is 0 Å². The van der Waals surface area contributed by atoms with Crippen molar-refractivity contribution in [2.75, 3.05) is 18.2 Å². The minimum atomic E-state index is -0.265. The molecule has 4 nitrogen and oxygen atoms in total. The van der Waals surface area contributed by atoms with Gasteiger partial charge in [0.1, 0.15) is 0 Å². The molecule has 0 radical (unpaired) electrons. The summed E-state index contributed by atoms with van der Waals surface area (Å²) in [6, 6.07) is 16.9. The van der Waals surface area contributed by atoms with Gasteiger partial charge in [-0.25, -0.2) is 0 Å². The van der Waals surface area contributed by atoms with E-state index in [2.05, 4.69) is 10.1 Å². The van der Waals surface area contributed by atoms with Gasteiger partial charge in [-0.15, -0.1) is 11.8 Å². The molecule has 1 N–H and O–H groups in total. The minimum absolute atomic E-state index is 0.191. The summed E-state index contributed by atoms with van der Waals surface area (Å²) in [6.45, 7) is 0. The number of hydrogen-bond donors (Lipinski definition) is 1. The quantitative estimate of drug-likeness (QED) is 0.500. The van der Waals surface area contributed by atoms with Crippen LogP contribution in [-0.2, 0) is 14.3 Å². The third kappa shape index (κ3) is 6.00. The maximum Gasteiger partial charge on any atom is 0.315 e. The van der Waals surface area contributed by atoms with Crippen LogP contribution in [0.5, 0.6) is 0 Å². The smallest absolute Gasteiger partial charge is 0.315 e. The number of carbonyl (C=O) groups is 2. The molecule has 2 aromatic rings. The molecule has 0 aliphatic carbocycles. The Morgan fingerprint density at radius 3 is 2.43 bits per heavy atom. The zero-order valence-electron chi connectivity index (χ0n) is 12.7. The molecule has 0 aliphatic rings. The molecule has 0 saturated carbocycles. The summed E-state index contributed by atoms with van der Waals surface area (Å²) in [6.07, 6.45) is 3.26. The number of anilines is 1. The summed E-state index contributed by atoms with van der Waals surface area (Å²) in [5.74, 6) is -0.190. The number of nitrogens with one attached hydrogen (secondary N) is 1. The van der Waals surface area contributed by atoms with Crippen LogP contribution in [0.3, 0.4) is 0 Å². The SMILES string of the molecule is COC(=O)CSc1ccc(NC(=O)/C=C/c2ccccc2)cc1. The van der Waals surface area contributed by atoms with Gasteiger partial charge in [-0.2, -0.15) is 0 Å². The Kier molecular flexibility index (Phi) is 6.44. The zero-order chi connectivity index (χ0) is 16.5. The molecule has 0 unspecified atom stereocenters. The topological polar surface area (TPSA) is 55.4 Å². The molecule has 0 atom stereocenters. The van der Waals surface area contributed by atoms with Gasteiger partial charge in [0.05, 0.1) is 12.9 Å². The van der Waals surface area contributed by atoms with Crippen molar-refractivity contribution in [1.82, 2.24) is 0 Å². The van der Waals surface area contributed by atoms with Crippen LogP contribution < -0.4 is 5.32 Å². The predicted molar refractivity (Wildman–Crippen MR) is 93.3 cm³/mol. The number of carbonyl (C=O) groups excluding carboxylic acids is 2. The van der Waals surface area contributed by atoms with Crippen LogP contribution in [0.4, 0.5) is 5.69 Å². The molecular formula is C18H17NO3S. The van der Waals surface area contributed by atoms with Crippen molar-refractivity contribution in [2.24, 2.45) is 0 Å². The lowest BCUT2D eigenvalue weighted by Crippen LogP contribution is -2.07. The maximum absolute atomic E-state index is 11.9. The molecule has 0 aromatic heterocycles. The van der Waals surface area contributed by atoms with E-state index in [1.54, 1.807) is 18.2 Å². The van der Waals surface area contributed by atoms with Crippen LogP contribution in [0.1, 0.15) is 5.56 Å². The van der Waals surface area contributed by atoms with Gasteiger partial charge < -0.3 is 10.1 Å². The van der Waals surface area contributed by atoms with Crippen LogP contribution in [0.25, 0.3) is 6.08 Å². The maximum atomic E-state index is 11.9. The fourth-order valence-corrected chi connectivity index (χ4v) is 2.49. The molecule has 0 fully saturated rings. The van der Waals surface area contributed by atoms with Crippen molar-refractivity contribution >= 4 is 35.4 Å². The van der Waals surface area contributed by atoms with Gasteiger partial charge in [0.2, 0.25) is 5.91 Å². The molecule has 118 valence electrons. The molecule has 2 aromatic carbocycles. The van der Waals surface area contributed by atoms with Gasteiger partial charge in [-0.1, -0.05) is 30.3 Å². The average molecular weight is 327 g/mol. The summed E-state index contributed by atoms with van der Waals surface area (Å²) in [5, 5.41) is 2.79. The van der Waals surface area contributed by atoms with E-state index in [1.807, 2.05) is 42.5 Å². The van der Waals surface area contributed by atoms with Crippen molar-refractivity contribution in [3.05, 3.63) is 66.2 Å². The first-order valence-electron chi connectivity index (χ1n) is 7.01. The third-order valence-corrected chi connectivity index (χ3v) is 3.92. The second-order valence-corrected chi connectivity index (χ2v) is 5.67. The molecule has 0 aliphatic heterocycles. The summed E-state index contributed by atoms with van der Waals surface area (Å²) in [7, 11) is 1.37. The van der Waals surface area contributed by atoms with Gasteiger partial charge in [-0.3, -0.25) is 9.59 Å². The second-order valence-electron chi connectivity index (χ2n) is 4.62. The Labute approximate surface area is 139 Å². The van der Waals surface area contributed by atoms with Gasteiger partial charge in [0.25, 0.3) is 0 Å². The van der Waals surface area contributed by atoms with E-state index in [-0.39, 0.29) is 17.6 Å². The first kappa shape index (κ1) is 16.8. The van der Waals surface area contributed by atoms with Gasteiger partial charge in [-0.05, 0) is 35.9 Å². The number of methoxy groups -OCH3 is 1. The summed E-state index contributed by atoms with van der Waals surface area (Å²) < 4.78 is 4.59. The van der Waals surface area contributed by atoms with E-state index in [4.69, 9.17) is 0 Å². The fraction of sp³-hybridized carbons (Fsp3) is 0.111. The van der Waals surface area contributed by atoms with Crippen LogP contribution in [0.2, 0.25) is 0 Å². The molecule has 2 rings (SSSR count). The van der Waals surface area contributed by atoms with Gasteiger partial charge in [0, 0.05) is 16.7 Å². The Morgan fingerprint density at radius 2 is 1.78 bits per heavy atom. The summed E-state index contributed by atoms with van der Waals surface area (Å²) in [4.78, 5) is 23.9. The van der Waals surface area contributed by atoms with Crippen molar-refractivity contribution in [2.45, 2.75) is 4.90 Å². The highest BCUT2D eigenvalue weighted by Crippen LogP contribution is 2.20. The number of benzene rings is 2.